The smallest absolute Gasteiger partial charge is 0.0795 e. The van der Waals surface area contributed by atoms with Crippen LogP contribution in [0.2, 0.25) is 0 Å². The second kappa shape index (κ2) is 8.03. The maximum absolute atomic E-state index is 4.39. The molecule has 98 valence electrons. The van der Waals surface area contributed by atoms with E-state index >= 15 is 0 Å². The van der Waals surface area contributed by atoms with Crippen LogP contribution in [0.5, 0.6) is 0 Å². The summed E-state index contributed by atoms with van der Waals surface area (Å²) in [7, 11) is 0. The predicted molar refractivity (Wildman–Crippen MR) is 76.0 cm³/mol. The zero-order valence-corrected chi connectivity index (χ0v) is 12.0. The molecule has 0 spiro atoms. The largest absolute Gasteiger partial charge is 0.317 e. The number of thiazole rings is 1. The molecule has 1 aromatic heterocycles. The number of nitrogens with zero attached hydrogens (tertiary/aromatic N) is 2. The third-order valence-corrected chi connectivity index (χ3v) is 3.82. The third-order valence-electron chi connectivity index (χ3n) is 3.18. The first kappa shape index (κ1) is 14.9. The highest BCUT2D eigenvalue weighted by Crippen LogP contribution is 2.16. The number of rotatable bonds is 5. The van der Waals surface area contributed by atoms with E-state index < -0.39 is 0 Å². The van der Waals surface area contributed by atoms with E-state index in [0.29, 0.717) is 0 Å². The normalized spacial score (nSPS) is 17.1. The van der Waals surface area contributed by atoms with Crippen LogP contribution in [0.3, 0.4) is 0 Å². The van der Waals surface area contributed by atoms with Gasteiger partial charge in [0.15, 0.2) is 0 Å². The van der Waals surface area contributed by atoms with Crippen LogP contribution >= 0.6 is 23.7 Å². The summed E-state index contributed by atoms with van der Waals surface area (Å²) in [5.74, 6) is 0. The van der Waals surface area contributed by atoms with Crippen molar-refractivity contribution in [3.63, 3.8) is 0 Å². The highest BCUT2D eigenvalue weighted by atomic mass is 35.5. The third kappa shape index (κ3) is 4.54. The van der Waals surface area contributed by atoms with E-state index in [1.165, 1.54) is 44.6 Å². The molecule has 0 amide bonds. The summed E-state index contributed by atoms with van der Waals surface area (Å²) in [6.07, 6.45) is 3.79. The Bertz CT molecular complexity index is 286. The molecular weight excluding hydrogens is 254 g/mol. The summed E-state index contributed by atoms with van der Waals surface area (Å²) in [5.41, 5.74) is 3.17. The van der Waals surface area contributed by atoms with Gasteiger partial charge in [0.2, 0.25) is 0 Å². The summed E-state index contributed by atoms with van der Waals surface area (Å²) >= 11 is 1.70. The van der Waals surface area contributed by atoms with E-state index in [-0.39, 0.29) is 12.4 Å². The van der Waals surface area contributed by atoms with Gasteiger partial charge in [0.25, 0.3) is 0 Å². The molecule has 0 aromatic carbocycles. The maximum Gasteiger partial charge on any atom is 0.0795 e. The quantitative estimate of drug-likeness (QED) is 0.895. The zero-order valence-electron chi connectivity index (χ0n) is 10.4. The fourth-order valence-corrected chi connectivity index (χ4v) is 2.92. The second-order valence-corrected chi connectivity index (χ2v) is 5.15. The SMILES string of the molecule is CCCN(Cc1cscn1)C1CCNCC1.Cl. The molecule has 1 N–H and O–H groups in total. The molecule has 0 atom stereocenters. The fraction of sp³-hybridized carbons (Fsp3) is 0.750. The zero-order chi connectivity index (χ0) is 11.2. The Labute approximate surface area is 114 Å². The Morgan fingerprint density at radius 2 is 2.24 bits per heavy atom. The lowest BCUT2D eigenvalue weighted by atomic mass is 10.0. The molecule has 1 aromatic rings. The summed E-state index contributed by atoms with van der Waals surface area (Å²) in [4.78, 5) is 7.00. The molecule has 0 saturated carbocycles. The van der Waals surface area contributed by atoms with Crippen LogP contribution in [0.25, 0.3) is 0 Å². The van der Waals surface area contributed by atoms with E-state index in [2.05, 4.69) is 27.5 Å². The molecule has 5 heteroatoms. The minimum absolute atomic E-state index is 0. The van der Waals surface area contributed by atoms with Gasteiger partial charge < -0.3 is 5.32 Å². The van der Waals surface area contributed by atoms with E-state index in [1.54, 1.807) is 11.3 Å². The van der Waals surface area contributed by atoms with Crippen LogP contribution < -0.4 is 5.32 Å². The molecule has 0 aliphatic carbocycles. The molecule has 0 bridgehead atoms. The van der Waals surface area contributed by atoms with Gasteiger partial charge in [0, 0.05) is 18.0 Å². The fourth-order valence-electron chi connectivity index (χ4n) is 2.37. The molecule has 1 fully saturated rings. The van der Waals surface area contributed by atoms with Gasteiger partial charge >= 0.3 is 0 Å². The summed E-state index contributed by atoms with van der Waals surface area (Å²) in [6, 6.07) is 0.753. The van der Waals surface area contributed by atoms with Crippen molar-refractivity contribution in [2.24, 2.45) is 0 Å². The standard InChI is InChI=1S/C12H21N3S.ClH/c1-2-7-15(8-11-9-16-10-14-11)12-3-5-13-6-4-12;/h9-10,12-13H,2-8H2,1H3;1H. The molecule has 0 unspecified atom stereocenters. The lowest BCUT2D eigenvalue weighted by Crippen LogP contribution is -2.43. The average Bonchev–Trinajstić information content (AvgIpc) is 2.83. The number of halogens is 1. The van der Waals surface area contributed by atoms with Gasteiger partial charge in [0.1, 0.15) is 0 Å². The molecule has 0 radical (unpaired) electrons. The number of aromatic nitrogens is 1. The molecule has 2 heterocycles. The van der Waals surface area contributed by atoms with Crippen LogP contribution in [0.1, 0.15) is 31.9 Å². The highest BCUT2D eigenvalue weighted by molar-refractivity contribution is 7.07. The van der Waals surface area contributed by atoms with Gasteiger partial charge in [-0.2, -0.15) is 0 Å². The molecule has 2 rings (SSSR count). The topological polar surface area (TPSA) is 28.2 Å². The number of hydrogen-bond acceptors (Lipinski definition) is 4. The van der Waals surface area contributed by atoms with Crippen molar-refractivity contribution in [2.45, 2.75) is 38.8 Å². The first-order chi connectivity index (χ1) is 7.90. The van der Waals surface area contributed by atoms with Crippen molar-refractivity contribution in [3.05, 3.63) is 16.6 Å². The predicted octanol–water partition coefficient (Wildman–Crippen LogP) is 2.53. The molecule has 1 aliphatic rings. The molecule has 17 heavy (non-hydrogen) atoms. The molecule has 1 aliphatic heterocycles. The van der Waals surface area contributed by atoms with Crippen LogP contribution in [0.4, 0.5) is 0 Å². The maximum atomic E-state index is 4.39. The van der Waals surface area contributed by atoms with Crippen molar-refractivity contribution in [1.29, 1.82) is 0 Å². The average molecular weight is 276 g/mol. The summed E-state index contributed by atoms with van der Waals surface area (Å²) in [6.45, 7) is 6.82. The Morgan fingerprint density at radius 1 is 1.47 bits per heavy atom. The van der Waals surface area contributed by atoms with Gasteiger partial charge in [-0.1, -0.05) is 6.92 Å². The van der Waals surface area contributed by atoms with Crippen molar-refractivity contribution in [3.8, 4) is 0 Å². The van der Waals surface area contributed by atoms with Crippen LogP contribution in [0, 0.1) is 0 Å². The lowest BCUT2D eigenvalue weighted by Gasteiger charge is -2.34. The number of nitrogens with one attached hydrogen (secondary N) is 1. The van der Waals surface area contributed by atoms with Gasteiger partial charge in [-0.05, 0) is 38.9 Å². The first-order valence-electron chi connectivity index (χ1n) is 6.22. The van der Waals surface area contributed by atoms with E-state index in [4.69, 9.17) is 0 Å². The minimum Gasteiger partial charge on any atom is -0.317 e. The second-order valence-electron chi connectivity index (χ2n) is 4.43. The van der Waals surface area contributed by atoms with Gasteiger partial charge in [-0.15, -0.1) is 23.7 Å². The van der Waals surface area contributed by atoms with Crippen molar-refractivity contribution in [2.75, 3.05) is 19.6 Å². The highest BCUT2D eigenvalue weighted by Gasteiger charge is 2.20. The number of piperidine rings is 1. The summed E-state index contributed by atoms with van der Waals surface area (Å²) < 4.78 is 0. The van der Waals surface area contributed by atoms with E-state index in [1.807, 2.05) is 5.51 Å². The van der Waals surface area contributed by atoms with Crippen molar-refractivity contribution < 1.29 is 0 Å². The van der Waals surface area contributed by atoms with Crippen LogP contribution in [-0.2, 0) is 6.54 Å². The Hall–Kier alpha value is -0.160. The Morgan fingerprint density at radius 3 is 2.82 bits per heavy atom. The molecular formula is C12H22ClN3S. The Kier molecular flexibility index (Phi) is 7.04. The van der Waals surface area contributed by atoms with Crippen molar-refractivity contribution >= 4 is 23.7 Å². The summed E-state index contributed by atoms with van der Waals surface area (Å²) in [5, 5.41) is 5.60. The monoisotopic (exact) mass is 275 g/mol. The minimum atomic E-state index is 0. The lowest BCUT2D eigenvalue weighted by molar-refractivity contribution is 0.152. The van der Waals surface area contributed by atoms with E-state index in [0.717, 1.165) is 12.6 Å². The van der Waals surface area contributed by atoms with Gasteiger partial charge in [-0.25, -0.2) is 4.98 Å². The van der Waals surface area contributed by atoms with Crippen LogP contribution in [0.15, 0.2) is 10.9 Å². The molecule has 3 nitrogen and oxygen atoms in total. The Balaban J connectivity index is 0.00000144. The van der Waals surface area contributed by atoms with Crippen molar-refractivity contribution in [1.82, 2.24) is 15.2 Å². The molecule has 1 saturated heterocycles. The van der Waals surface area contributed by atoms with Gasteiger partial charge in [-0.3, -0.25) is 4.90 Å². The number of hydrogen-bond donors (Lipinski definition) is 1. The van der Waals surface area contributed by atoms with E-state index in [9.17, 15) is 0 Å². The first-order valence-corrected chi connectivity index (χ1v) is 7.16. The van der Waals surface area contributed by atoms with Crippen LogP contribution in [-0.4, -0.2) is 35.6 Å². The van der Waals surface area contributed by atoms with Gasteiger partial charge in [0.05, 0.1) is 11.2 Å².